The van der Waals surface area contributed by atoms with Gasteiger partial charge in [-0.05, 0) is 6.42 Å². The molecule has 2 rings (SSSR count). The zero-order chi connectivity index (χ0) is 9.80. The third kappa shape index (κ3) is 2.01. The van der Waals surface area contributed by atoms with E-state index < -0.39 is 0 Å². The second kappa shape index (κ2) is 4.37. The van der Waals surface area contributed by atoms with Crippen LogP contribution in [0.25, 0.3) is 0 Å². The second-order valence-corrected chi connectivity index (χ2v) is 4.13. The molecule has 0 saturated heterocycles. The lowest BCUT2D eigenvalue weighted by Crippen LogP contribution is -2.03. The third-order valence-electron chi connectivity index (χ3n) is 2.06. The van der Waals surface area contributed by atoms with Crippen LogP contribution in [0, 0.1) is 0 Å². The highest BCUT2D eigenvalue weighted by Crippen LogP contribution is 2.09. The summed E-state index contributed by atoms with van der Waals surface area (Å²) in [6.45, 7) is 3.02. The Hall–Kier alpha value is -1.16. The van der Waals surface area contributed by atoms with Crippen molar-refractivity contribution in [1.29, 1.82) is 0 Å². The SMILES string of the molecule is CCCc1nccn1Cc1nccs1. The molecular weight excluding hydrogens is 194 g/mol. The van der Waals surface area contributed by atoms with Gasteiger partial charge >= 0.3 is 0 Å². The van der Waals surface area contributed by atoms with Gasteiger partial charge in [0.2, 0.25) is 0 Å². The molecule has 2 aromatic rings. The molecule has 74 valence electrons. The molecule has 0 bridgehead atoms. The molecule has 0 N–H and O–H groups in total. The van der Waals surface area contributed by atoms with Gasteiger partial charge in [0.25, 0.3) is 0 Å². The van der Waals surface area contributed by atoms with E-state index in [0.29, 0.717) is 0 Å². The van der Waals surface area contributed by atoms with E-state index >= 15 is 0 Å². The minimum atomic E-state index is 0.854. The highest BCUT2D eigenvalue weighted by molar-refractivity contribution is 7.09. The van der Waals surface area contributed by atoms with Gasteiger partial charge in [-0.25, -0.2) is 9.97 Å². The van der Waals surface area contributed by atoms with Crippen molar-refractivity contribution >= 4 is 11.3 Å². The zero-order valence-corrected chi connectivity index (χ0v) is 9.00. The fourth-order valence-electron chi connectivity index (χ4n) is 1.41. The monoisotopic (exact) mass is 207 g/mol. The van der Waals surface area contributed by atoms with Crippen LogP contribution in [0.2, 0.25) is 0 Å². The lowest BCUT2D eigenvalue weighted by atomic mass is 10.3. The number of aromatic nitrogens is 3. The van der Waals surface area contributed by atoms with Crippen LogP contribution in [-0.4, -0.2) is 14.5 Å². The van der Waals surface area contributed by atoms with E-state index in [2.05, 4.69) is 21.5 Å². The normalized spacial score (nSPS) is 10.6. The maximum atomic E-state index is 4.33. The lowest BCUT2D eigenvalue weighted by Gasteiger charge is -2.03. The molecule has 0 amide bonds. The number of imidazole rings is 1. The fourth-order valence-corrected chi connectivity index (χ4v) is 2.03. The first kappa shape index (κ1) is 9.40. The first-order chi connectivity index (χ1) is 6.90. The van der Waals surface area contributed by atoms with Gasteiger partial charge in [0, 0.05) is 30.4 Å². The number of rotatable bonds is 4. The molecule has 0 saturated carbocycles. The van der Waals surface area contributed by atoms with Crippen LogP contribution < -0.4 is 0 Å². The lowest BCUT2D eigenvalue weighted by molar-refractivity contribution is 0.702. The molecule has 0 aromatic carbocycles. The summed E-state index contributed by atoms with van der Waals surface area (Å²) in [4.78, 5) is 8.59. The fraction of sp³-hybridized carbons (Fsp3) is 0.400. The number of nitrogens with zero attached hydrogens (tertiary/aromatic N) is 3. The van der Waals surface area contributed by atoms with Crippen LogP contribution in [0.4, 0.5) is 0 Å². The van der Waals surface area contributed by atoms with E-state index in [-0.39, 0.29) is 0 Å². The van der Waals surface area contributed by atoms with E-state index in [0.717, 1.165) is 30.2 Å². The minimum absolute atomic E-state index is 0.854. The molecule has 0 spiro atoms. The average Bonchev–Trinajstić information content (AvgIpc) is 2.80. The smallest absolute Gasteiger partial charge is 0.112 e. The maximum Gasteiger partial charge on any atom is 0.112 e. The summed E-state index contributed by atoms with van der Waals surface area (Å²) in [6, 6.07) is 0. The van der Waals surface area contributed by atoms with Gasteiger partial charge < -0.3 is 4.57 Å². The van der Waals surface area contributed by atoms with E-state index in [9.17, 15) is 0 Å². The molecule has 0 aliphatic rings. The summed E-state index contributed by atoms with van der Waals surface area (Å²) in [5.74, 6) is 1.16. The summed E-state index contributed by atoms with van der Waals surface area (Å²) in [6.07, 6.45) is 7.90. The van der Waals surface area contributed by atoms with E-state index in [1.165, 1.54) is 0 Å². The van der Waals surface area contributed by atoms with Gasteiger partial charge in [0.05, 0.1) is 6.54 Å². The van der Waals surface area contributed by atoms with Crippen LogP contribution in [0.15, 0.2) is 24.0 Å². The molecule has 0 unspecified atom stereocenters. The average molecular weight is 207 g/mol. The molecule has 0 aliphatic heterocycles. The molecule has 2 aromatic heterocycles. The summed E-state index contributed by atoms with van der Waals surface area (Å²) in [5.41, 5.74) is 0. The predicted octanol–water partition coefficient (Wildman–Crippen LogP) is 2.34. The van der Waals surface area contributed by atoms with E-state index in [4.69, 9.17) is 0 Å². The summed E-state index contributed by atoms with van der Waals surface area (Å²) in [7, 11) is 0. The van der Waals surface area contributed by atoms with Crippen LogP contribution in [0.5, 0.6) is 0 Å². The number of thiazole rings is 1. The Morgan fingerprint density at radius 1 is 1.36 bits per heavy atom. The van der Waals surface area contributed by atoms with Crippen LogP contribution in [-0.2, 0) is 13.0 Å². The molecule has 0 radical (unpaired) electrons. The van der Waals surface area contributed by atoms with Crippen molar-refractivity contribution in [2.24, 2.45) is 0 Å². The van der Waals surface area contributed by atoms with Crippen molar-refractivity contribution in [3.63, 3.8) is 0 Å². The van der Waals surface area contributed by atoms with Crippen molar-refractivity contribution in [3.05, 3.63) is 34.8 Å². The Labute approximate surface area is 87.4 Å². The van der Waals surface area contributed by atoms with Gasteiger partial charge in [-0.3, -0.25) is 0 Å². The number of aryl methyl sites for hydroxylation is 1. The highest BCUT2D eigenvalue weighted by atomic mass is 32.1. The Balaban J connectivity index is 2.12. The molecule has 0 atom stereocenters. The van der Waals surface area contributed by atoms with Gasteiger partial charge in [0.15, 0.2) is 0 Å². The zero-order valence-electron chi connectivity index (χ0n) is 8.18. The molecule has 0 aliphatic carbocycles. The summed E-state index contributed by atoms with van der Waals surface area (Å²) < 4.78 is 2.17. The van der Waals surface area contributed by atoms with Crippen molar-refractivity contribution in [2.75, 3.05) is 0 Å². The molecule has 14 heavy (non-hydrogen) atoms. The summed E-state index contributed by atoms with van der Waals surface area (Å²) in [5, 5.41) is 3.14. The van der Waals surface area contributed by atoms with Gasteiger partial charge in [-0.2, -0.15) is 0 Å². The number of hydrogen-bond acceptors (Lipinski definition) is 3. The van der Waals surface area contributed by atoms with Crippen molar-refractivity contribution < 1.29 is 0 Å². The topological polar surface area (TPSA) is 30.7 Å². The quantitative estimate of drug-likeness (QED) is 0.770. The standard InChI is InChI=1S/C10H13N3S/c1-2-3-9-11-4-6-13(9)8-10-12-5-7-14-10/h4-7H,2-3,8H2,1H3. The molecular formula is C10H13N3S. The Morgan fingerprint density at radius 3 is 3.00 bits per heavy atom. The Bertz CT molecular complexity index is 378. The molecule has 3 nitrogen and oxygen atoms in total. The predicted molar refractivity (Wildman–Crippen MR) is 57.4 cm³/mol. The Kier molecular flexibility index (Phi) is 2.93. The third-order valence-corrected chi connectivity index (χ3v) is 2.83. The highest BCUT2D eigenvalue weighted by Gasteiger charge is 2.03. The Morgan fingerprint density at radius 2 is 2.29 bits per heavy atom. The van der Waals surface area contributed by atoms with Gasteiger partial charge in [0.1, 0.15) is 10.8 Å². The van der Waals surface area contributed by atoms with E-state index in [1.807, 2.05) is 24.0 Å². The number of hydrogen-bond donors (Lipinski definition) is 0. The van der Waals surface area contributed by atoms with Crippen LogP contribution in [0.1, 0.15) is 24.2 Å². The van der Waals surface area contributed by atoms with E-state index in [1.54, 1.807) is 11.3 Å². The minimum Gasteiger partial charge on any atom is -0.328 e. The molecule has 2 heterocycles. The van der Waals surface area contributed by atoms with Crippen LogP contribution in [0.3, 0.4) is 0 Å². The first-order valence-corrected chi connectivity index (χ1v) is 5.66. The second-order valence-electron chi connectivity index (χ2n) is 3.15. The van der Waals surface area contributed by atoms with Crippen molar-refractivity contribution in [2.45, 2.75) is 26.3 Å². The van der Waals surface area contributed by atoms with Crippen LogP contribution >= 0.6 is 11.3 Å². The van der Waals surface area contributed by atoms with Gasteiger partial charge in [-0.1, -0.05) is 6.92 Å². The van der Waals surface area contributed by atoms with Crippen molar-refractivity contribution in [3.8, 4) is 0 Å². The first-order valence-electron chi connectivity index (χ1n) is 4.78. The molecule has 4 heteroatoms. The maximum absolute atomic E-state index is 4.33. The van der Waals surface area contributed by atoms with Crippen molar-refractivity contribution in [1.82, 2.24) is 14.5 Å². The molecule has 0 fully saturated rings. The van der Waals surface area contributed by atoms with Gasteiger partial charge in [-0.15, -0.1) is 11.3 Å². The largest absolute Gasteiger partial charge is 0.328 e. The summed E-state index contributed by atoms with van der Waals surface area (Å²) >= 11 is 1.69.